The number of carboxylic acid groups (broad SMARTS) is 1. The number of hydrogen-bond donors (Lipinski definition) is 1. The Morgan fingerprint density at radius 2 is 1.59 bits per heavy atom. The Labute approximate surface area is 118 Å². The maximum absolute atomic E-state index is 10.0. The van der Waals surface area contributed by atoms with Crippen LogP contribution in [0.3, 0.4) is 0 Å². The molecule has 0 spiro atoms. The van der Waals surface area contributed by atoms with Gasteiger partial charge in [0.25, 0.3) is 0 Å². The summed E-state index contributed by atoms with van der Waals surface area (Å²) in [5.74, 6) is -0.883. The van der Waals surface area contributed by atoms with E-state index in [1.165, 1.54) is 25.7 Å². The predicted octanol–water partition coefficient (Wildman–Crippen LogP) is 0.683. The van der Waals surface area contributed by atoms with Crippen molar-refractivity contribution in [2.75, 3.05) is 13.2 Å². The van der Waals surface area contributed by atoms with Crippen molar-refractivity contribution in [1.29, 1.82) is 0 Å². The van der Waals surface area contributed by atoms with E-state index in [2.05, 4.69) is 13.8 Å². The van der Waals surface area contributed by atoms with E-state index in [1.807, 2.05) is 6.92 Å². The maximum Gasteiger partial charge on any atom is 1.00 e. The van der Waals surface area contributed by atoms with Crippen molar-refractivity contribution in [3.63, 3.8) is 0 Å². The van der Waals surface area contributed by atoms with Gasteiger partial charge in [-0.3, -0.25) is 0 Å². The van der Waals surface area contributed by atoms with Crippen molar-refractivity contribution >= 4 is 5.97 Å². The third-order valence-corrected chi connectivity index (χ3v) is 1.87. The SMILES string of the molecule is CCCCCCCCOCC(=O)O.[CH2-]CC.[Li+]. The molecule has 0 aromatic heterocycles. The van der Waals surface area contributed by atoms with Crippen LogP contribution in [0, 0.1) is 6.92 Å². The molecule has 17 heavy (non-hydrogen) atoms. The monoisotopic (exact) mass is 238 g/mol. The summed E-state index contributed by atoms with van der Waals surface area (Å²) in [6.45, 7) is 8.11. The molecule has 0 aliphatic carbocycles. The van der Waals surface area contributed by atoms with Crippen molar-refractivity contribution < 1.29 is 33.5 Å². The van der Waals surface area contributed by atoms with Gasteiger partial charge in [-0.2, -0.15) is 6.42 Å². The minimum Gasteiger partial charge on any atom is -0.480 e. The second-order valence-electron chi connectivity index (χ2n) is 3.71. The molecule has 4 heteroatoms. The van der Waals surface area contributed by atoms with E-state index in [-0.39, 0.29) is 25.5 Å². The Bertz CT molecular complexity index is 141. The number of aliphatic carboxylic acids is 1. The molecule has 0 saturated heterocycles. The fourth-order valence-electron chi connectivity index (χ4n) is 1.14. The average molecular weight is 238 g/mol. The van der Waals surface area contributed by atoms with Crippen molar-refractivity contribution in [3.8, 4) is 0 Å². The van der Waals surface area contributed by atoms with Crippen LogP contribution in [0.1, 0.15) is 58.8 Å². The van der Waals surface area contributed by atoms with Gasteiger partial charge in [0.1, 0.15) is 6.61 Å². The van der Waals surface area contributed by atoms with E-state index in [0.717, 1.165) is 19.3 Å². The fourth-order valence-corrected chi connectivity index (χ4v) is 1.14. The van der Waals surface area contributed by atoms with Crippen LogP contribution in [-0.4, -0.2) is 24.3 Å². The molecule has 0 fully saturated rings. The summed E-state index contributed by atoms with van der Waals surface area (Å²) in [5.41, 5.74) is 0. The Morgan fingerprint density at radius 3 is 2.06 bits per heavy atom. The van der Waals surface area contributed by atoms with Gasteiger partial charge in [-0.1, -0.05) is 46.0 Å². The quantitative estimate of drug-likeness (QED) is 0.365. The van der Waals surface area contributed by atoms with Gasteiger partial charge in [0.05, 0.1) is 0 Å². The summed E-state index contributed by atoms with van der Waals surface area (Å²) in [6.07, 6.45) is 8.22. The van der Waals surface area contributed by atoms with Crippen LogP contribution in [-0.2, 0) is 9.53 Å². The number of carboxylic acids is 1. The molecule has 0 aliphatic heterocycles. The molecular formula is C13H27LiO3. The summed E-state index contributed by atoms with van der Waals surface area (Å²) in [7, 11) is 0. The number of unbranched alkanes of at least 4 members (excludes halogenated alkanes) is 5. The molecule has 0 amide bonds. The van der Waals surface area contributed by atoms with Gasteiger partial charge in [-0.15, -0.1) is 0 Å². The first-order valence-corrected chi connectivity index (χ1v) is 6.27. The Balaban J connectivity index is -0.000000440. The van der Waals surface area contributed by atoms with Gasteiger partial charge < -0.3 is 16.8 Å². The van der Waals surface area contributed by atoms with E-state index < -0.39 is 5.97 Å². The topological polar surface area (TPSA) is 46.5 Å². The first-order valence-electron chi connectivity index (χ1n) is 6.27. The minimum absolute atomic E-state index is 0. The summed E-state index contributed by atoms with van der Waals surface area (Å²) < 4.78 is 4.90. The average Bonchev–Trinajstić information content (AvgIpc) is 2.23. The standard InChI is InChI=1S/C10H20O3.C3H7.Li/c1-2-3-4-5-6-7-8-13-9-10(11)12;1-3-2;/h2-9H2,1H3,(H,11,12);1,3H2,2H3;/q;-1;+1. The van der Waals surface area contributed by atoms with Crippen LogP contribution >= 0.6 is 0 Å². The first-order chi connectivity index (χ1) is 7.68. The number of ether oxygens (including phenoxy) is 1. The van der Waals surface area contributed by atoms with Crippen molar-refractivity contribution in [2.45, 2.75) is 58.8 Å². The maximum atomic E-state index is 10.0. The van der Waals surface area contributed by atoms with Crippen molar-refractivity contribution in [3.05, 3.63) is 6.92 Å². The summed E-state index contributed by atoms with van der Waals surface area (Å²) >= 11 is 0. The van der Waals surface area contributed by atoms with E-state index in [0.29, 0.717) is 6.61 Å². The number of hydrogen-bond acceptors (Lipinski definition) is 2. The molecule has 0 saturated carbocycles. The van der Waals surface area contributed by atoms with Crippen LogP contribution < -0.4 is 18.9 Å². The zero-order chi connectivity index (χ0) is 12.6. The molecule has 0 aromatic carbocycles. The third kappa shape index (κ3) is 31.4. The molecule has 0 bridgehead atoms. The zero-order valence-electron chi connectivity index (χ0n) is 11.8. The Kier molecular flexibility index (Phi) is 27.9. The predicted molar refractivity (Wildman–Crippen MR) is 67.5 cm³/mol. The Morgan fingerprint density at radius 1 is 1.12 bits per heavy atom. The summed E-state index contributed by atoms with van der Waals surface area (Å²) in [6, 6.07) is 0. The van der Waals surface area contributed by atoms with Gasteiger partial charge in [-0.05, 0) is 6.42 Å². The van der Waals surface area contributed by atoms with Crippen LogP contribution in [0.4, 0.5) is 0 Å². The fraction of sp³-hybridized carbons (Fsp3) is 0.846. The van der Waals surface area contributed by atoms with E-state index in [4.69, 9.17) is 9.84 Å². The third-order valence-electron chi connectivity index (χ3n) is 1.87. The second kappa shape index (κ2) is 21.3. The van der Waals surface area contributed by atoms with Crippen LogP contribution in [0.25, 0.3) is 0 Å². The Hall–Kier alpha value is 0.0274. The van der Waals surface area contributed by atoms with Gasteiger partial charge in [-0.25, -0.2) is 4.79 Å². The van der Waals surface area contributed by atoms with Gasteiger partial charge >= 0.3 is 24.8 Å². The van der Waals surface area contributed by atoms with E-state index >= 15 is 0 Å². The van der Waals surface area contributed by atoms with E-state index in [9.17, 15) is 4.79 Å². The van der Waals surface area contributed by atoms with E-state index in [1.54, 1.807) is 0 Å². The molecule has 0 aromatic rings. The second-order valence-corrected chi connectivity index (χ2v) is 3.71. The molecule has 1 N–H and O–H groups in total. The van der Waals surface area contributed by atoms with Gasteiger partial charge in [0.2, 0.25) is 0 Å². The molecule has 0 unspecified atom stereocenters. The first kappa shape index (κ1) is 22.2. The number of carbonyl (C=O) groups is 1. The van der Waals surface area contributed by atoms with Crippen LogP contribution in [0.2, 0.25) is 0 Å². The van der Waals surface area contributed by atoms with Crippen molar-refractivity contribution in [1.82, 2.24) is 0 Å². The largest absolute Gasteiger partial charge is 1.00 e. The molecule has 0 atom stereocenters. The van der Waals surface area contributed by atoms with Gasteiger partial charge in [0, 0.05) is 6.61 Å². The minimum atomic E-state index is -0.883. The molecule has 0 radical (unpaired) electrons. The van der Waals surface area contributed by atoms with Crippen LogP contribution in [0.15, 0.2) is 0 Å². The smallest absolute Gasteiger partial charge is 0.480 e. The zero-order valence-corrected chi connectivity index (χ0v) is 11.8. The molecule has 0 rings (SSSR count). The molecule has 98 valence electrons. The normalized spacial score (nSPS) is 8.88. The molecule has 3 nitrogen and oxygen atoms in total. The summed E-state index contributed by atoms with van der Waals surface area (Å²) in [5, 5.41) is 8.26. The summed E-state index contributed by atoms with van der Waals surface area (Å²) in [4.78, 5) is 10.0. The van der Waals surface area contributed by atoms with Gasteiger partial charge in [0.15, 0.2) is 0 Å². The molecular weight excluding hydrogens is 211 g/mol. The molecule has 0 heterocycles. The van der Waals surface area contributed by atoms with Crippen LogP contribution in [0.5, 0.6) is 0 Å². The van der Waals surface area contributed by atoms with Crippen molar-refractivity contribution in [2.24, 2.45) is 0 Å². The molecule has 0 aliphatic rings. The number of rotatable bonds is 9.